The highest BCUT2D eigenvalue weighted by molar-refractivity contribution is 9.10. The van der Waals surface area contributed by atoms with E-state index >= 15 is 0 Å². The second kappa shape index (κ2) is 9.49. The normalized spacial score (nSPS) is 10.2. The standard InChI is InChI=1S/C18H18BrNO3S/c1-13-9-15(19)7-8-16(13)24-12-17(21)20-10-18(22)23-11-14-5-3-2-4-6-14/h2-9H,10-12H2,1H3,(H,20,21). The molecular weight excluding hydrogens is 390 g/mol. The van der Waals surface area contributed by atoms with E-state index in [-0.39, 0.29) is 24.8 Å². The molecule has 0 aromatic heterocycles. The molecular formula is C18H18BrNO3S. The molecule has 1 N–H and O–H groups in total. The molecule has 0 saturated carbocycles. The number of halogens is 1. The maximum atomic E-state index is 11.8. The molecule has 0 aliphatic rings. The van der Waals surface area contributed by atoms with Crippen molar-refractivity contribution in [3.63, 3.8) is 0 Å². The summed E-state index contributed by atoms with van der Waals surface area (Å²) in [5.74, 6) is -0.384. The summed E-state index contributed by atoms with van der Waals surface area (Å²) in [6, 6.07) is 15.3. The molecule has 0 fully saturated rings. The summed E-state index contributed by atoms with van der Waals surface area (Å²) in [6.45, 7) is 2.08. The second-order valence-electron chi connectivity index (χ2n) is 5.12. The lowest BCUT2D eigenvalue weighted by Gasteiger charge is -2.08. The van der Waals surface area contributed by atoms with E-state index in [1.165, 1.54) is 11.8 Å². The fraction of sp³-hybridized carbons (Fsp3) is 0.222. The first kappa shape index (κ1) is 18.5. The first-order valence-electron chi connectivity index (χ1n) is 7.40. The van der Waals surface area contributed by atoms with Gasteiger partial charge in [-0.3, -0.25) is 9.59 Å². The number of aryl methyl sites for hydroxylation is 1. The molecule has 0 unspecified atom stereocenters. The second-order valence-corrected chi connectivity index (χ2v) is 7.05. The minimum Gasteiger partial charge on any atom is -0.460 e. The monoisotopic (exact) mass is 407 g/mol. The van der Waals surface area contributed by atoms with Gasteiger partial charge in [0.05, 0.1) is 5.75 Å². The van der Waals surface area contributed by atoms with Crippen molar-refractivity contribution in [2.75, 3.05) is 12.3 Å². The molecule has 1 amide bonds. The van der Waals surface area contributed by atoms with Crippen LogP contribution in [0.25, 0.3) is 0 Å². The number of nitrogens with one attached hydrogen (secondary N) is 1. The summed E-state index contributed by atoms with van der Waals surface area (Å²) in [6.07, 6.45) is 0. The lowest BCUT2D eigenvalue weighted by atomic mass is 10.2. The van der Waals surface area contributed by atoms with Crippen LogP contribution in [-0.2, 0) is 20.9 Å². The Morgan fingerprint density at radius 1 is 1.17 bits per heavy atom. The number of ether oxygens (including phenoxy) is 1. The molecule has 2 rings (SSSR count). The zero-order valence-electron chi connectivity index (χ0n) is 13.3. The smallest absolute Gasteiger partial charge is 0.325 e. The van der Waals surface area contributed by atoms with E-state index in [2.05, 4.69) is 21.2 Å². The van der Waals surface area contributed by atoms with Crippen LogP contribution in [0.2, 0.25) is 0 Å². The van der Waals surface area contributed by atoms with E-state index in [9.17, 15) is 9.59 Å². The summed E-state index contributed by atoms with van der Waals surface area (Å²) in [5, 5.41) is 2.58. The van der Waals surface area contributed by atoms with Gasteiger partial charge in [0, 0.05) is 9.37 Å². The average Bonchev–Trinajstić information content (AvgIpc) is 2.58. The van der Waals surface area contributed by atoms with Gasteiger partial charge in [0.15, 0.2) is 0 Å². The number of hydrogen-bond donors (Lipinski definition) is 1. The van der Waals surface area contributed by atoms with Gasteiger partial charge in [0.25, 0.3) is 0 Å². The van der Waals surface area contributed by atoms with Crippen molar-refractivity contribution in [2.45, 2.75) is 18.4 Å². The van der Waals surface area contributed by atoms with Gasteiger partial charge in [-0.2, -0.15) is 0 Å². The highest BCUT2D eigenvalue weighted by atomic mass is 79.9. The van der Waals surface area contributed by atoms with E-state index in [4.69, 9.17) is 4.74 Å². The fourth-order valence-corrected chi connectivity index (χ4v) is 3.24. The van der Waals surface area contributed by atoms with E-state index in [0.29, 0.717) is 0 Å². The molecule has 2 aromatic carbocycles. The van der Waals surface area contributed by atoms with Gasteiger partial charge >= 0.3 is 5.97 Å². The van der Waals surface area contributed by atoms with Crippen LogP contribution in [0, 0.1) is 6.92 Å². The first-order chi connectivity index (χ1) is 11.5. The summed E-state index contributed by atoms with van der Waals surface area (Å²) in [5.41, 5.74) is 2.02. The van der Waals surface area contributed by atoms with E-state index < -0.39 is 5.97 Å². The SMILES string of the molecule is Cc1cc(Br)ccc1SCC(=O)NCC(=O)OCc1ccccc1. The molecule has 0 saturated heterocycles. The summed E-state index contributed by atoms with van der Waals surface area (Å²) < 4.78 is 6.12. The van der Waals surface area contributed by atoms with Crippen molar-refractivity contribution in [3.05, 3.63) is 64.1 Å². The molecule has 2 aromatic rings. The molecule has 0 aliphatic heterocycles. The number of hydrogen-bond acceptors (Lipinski definition) is 4. The lowest BCUT2D eigenvalue weighted by molar-refractivity contribution is -0.145. The highest BCUT2D eigenvalue weighted by Gasteiger charge is 2.08. The van der Waals surface area contributed by atoms with Gasteiger partial charge < -0.3 is 10.1 Å². The molecule has 0 atom stereocenters. The van der Waals surface area contributed by atoms with Crippen LogP contribution in [0.1, 0.15) is 11.1 Å². The fourth-order valence-electron chi connectivity index (χ4n) is 1.93. The average molecular weight is 408 g/mol. The zero-order valence-corrected chi connectivity index (χ0v) is 15.7. The molecule has 4 nitrogen and oxygen atoms in total. The largest absolute Gasteiger partial charge is 0.460 e. The molecule has 0 heterocycles. The highest BCUT2D eigenvalue weighted by Crippen LogP contribution is 2.24. The Hall–Kier alpha value is -1.79. The third kappa shape index (κ3) is 6.37. The van der Waals surface area contributed by atoms with Crippen molar-refractivity contribution < 1.29 is 14.3 Å². The number of carbonyl (C=O) groups excluding carboxylic acids is 2. The minimum absolute atomic E-state index is 0.119. The minimum atomic E-state index is -0.447. The topological polar surface area (TPSA) is 55.4 Å². The van der Waals surface area contributed by atoms with Crippen molar-refractivity contribution in [1.82, 2.24) is 5.32 Å². The van der Waals surface area contributed by atoms with Crippen LogP contribution < -0.4 is 5.32 Å². The molecule has 126 valence electrons. The first-order valence-corrected chi connectivity index (χ1v) is 9.17. The summed E-state index contributed by atoms with van der Waals surface area (Å²) in [7, 11) is 0. The van der Waals surface area contributed by atoms with E-state index in [1.807, 2.05) is 55.5 Å². The number of rotatable bonds is 7. The van der Waals surface area contributed by atoms with Crippen molar-refractivity contribution in [2.24, 2.45) is 0 Å². The van der Waals surface area contributed by atoms with Crippen molar-refractivity contribution in [1.29, 1.82) is 0 Å². The Bertz CT molecular complexity index is 707. The van der Waals surface area contributed by atoms with Crippen LogP contribution in [0.5, 0.6) is 0 Å². The number of esters is 1. The van der Waals surface area contributed by atoms with Gasteiger partial charge in [-0.1, -0.05) is 46.3 Å². The van der Waals surface area contributed by atoms with Crippen LogP contribution >= 0.6 is 27.7 Å². The van der Waals surface area contributed by atoms with Gasteiger partial charge in [-0.15, -0.1) is 11.8 Å². The van der Waals surface area contributed by atoms with Crippen molar-refractivity contribution in [3.8, 4) is 0 Å². The van der Waals surface area contributed by atoms with Crippen LogP contribution in [0.15, 0.2) is 57.9 Å². The Morgan fingerprint density at radius 3 is 2.62 bits per heavy atom. The number of benzene rings is 2. The van der Waals surface area contributed by atoms with Gasteiger partial charge in [0.2, 0.25) is 5.91 Å². The van der Waals surface area contributed by atoms with Crippen LogP contribution in [-0.4, -0.2) is 24.2 Å². The molecule has 0 spiro atoms. The molecule has 24 heavy (non-hydrogen) atoms. The quantitative estimate of drug-likeness (QED) is 0.561. The van der Waals surface area contributed by atoms with Gasteiger partial charge in [-0.25, -0.2) is 0 Å². The van der Waals surface area contributed by atoms with E-state index in [1.54, 1.807) is 0 Å². The zero-order chi connectivity index (χ0) is 17.4. The molecule has 0 radical (unpaired) electrons. The maximum absolute atomic E-state index is 11.8. The number of carbonyl (C=O) groups is 2. The number of thioether (sulfide) groups is 1. The lowest BCUT2D eigenvalue weighted by Crippen LogP contribution is -2.31. The van der Waals surface area contributed by atoms with E-state index in [0.717, 1.165) is 20.5 Å². The van der Waals surface area contributed by atoms with Gasteiger partial charge in [0.1, 0.15) is 13.2 Å². The molecule has 0 aliphatic carbocycles. The molecule has 0 bridgehead atoms. The Morgan fingerprint density at radius 2 is 1.92 bits per heavy atom. The third-order valence-corrected chi connectivity index (χ3v) is 4.84. The summed E-state index contributed by atoms with van der Waals surface area (Å²) >= 11 is 4.85. The van der Waals surface area contributed by atoms with Crippen LogP contribution in [0.3, 0.4) is 0 Å². The Kier molecular flexibility index (Phi) is 7.34. The summed E-state index contributed by atoms with van der Waals surface area (Å²) in [4.78, 5) is 24.5. The van der Waals surface area contributed by atoms with Gasteiger partial charge in [-0.05, 0) is 36.2 Å². The predicted molar refractivity (Wildman–Crippen MR) is 98.9 cm³/mol. The molecule has 6 heteroatoms. The maximum Gasteiger partial charge on any atom is 0.325 e. The van der Waals surface area contributed by atoms with Crippen molar-refractivity contribution >= 4 is 39.6 Å². The number of amides is 1. The Balaban J connectivity index is 1.68. The Labute approximate surface area is 154 Å². The van der Waals surface area contributed by atoms with Crippen LogP contribution in [0.4, 0.5) is 0 Å². The predicted octanol–water partition coefficient (Wildman–Crippen LogP) is 3.71. The third-order valence-electron chi connectivity index (χ3n) is 3.17.